The zero-order chi connectivity index (χ0) is 9.54. The van der Waals surface area contributed by atoms with Crippen LogP contribution in [0, 0.1) is 0 Å². The van der Waals surface area contributed by atoms with Crippen LogP contribution in [0.2, 0.25) is 0 Å². The zero-order valence-electron chi connectivity index (χ0n) is 7.64. The third-order valence-corrected chi connectivity index (χ3v) is 2.64. The minimum absolute atomic E-state index is 0.509. The first-order valence-electron chi connectivity index (χ1n) is 4.63. The van der Waals surface area contributed by atoms with Crippen LogP contribution < -0.4 is 5.73 Å². The van der Waals surface area contributed by atoms with Gasteiger partial charge in [-0.25, -0.2) is 0 Å². The summed E-state index contributed by atoms with van der Waals surface area (Å²) < 4.78 is 1.96. The number of rotatable bonds is 0. The van der Waals surface area contributed by atoms with Crippen LogP contribution in [0.25, 0.3) is 11.4 Å². The summed E-state index contributed by atoms with van der Waals surface area (Å²) in [5.41, 5.74) is 8.19. The monoisotopic (exact) mass is 186 g/mol. The molecule has 1 aliphatic heterocycles. The van der Waals surface area contributed by atoms with Crippen LogP contribution in [-0.2, 0) is 13.0 Å². The van der Waals surface area contributed by atoms with Crippen molar-refractivity contribution in [2.45, 2.75) is 13.0 Å². The predicted molar refractivity (Wildman–Crippen MR) is 53.6 cm³/mol. The van der Waals surface area contributed by atoms with Gasteiger partial charge in [-0.1, -0.05) is 24.3 Å². The Hall–Kier alpha value is -1.84. The van der Waals surface area contributed by atoms with Gasteiger partial charge >= 0.3 is 0 Å². The second-order valence-corrected chi connectivity index (χ2v) is 3.44. The van der Waals surface area contributed by atoms with Crippen molar-refractivity contribution in [1.29, 1.82) is 0 Å². The number of fused-ring (bicyclic) bond motifs is 3. The molecule has 0 bridgehead atoms. The van der Waals surface area contributed by atoms with Crippen LogP contribution in [0.1, 0.15) is 5.56 Å². The number of aromatic nitrogens is 3. The molecule has 70 valence electrons. The van der Waals surface area contributed by atoms with Crippen molar-refractivity contribution in [2.24, 2.45) is 0 Å². The molecule has 3 rings (SSSR count). The summed E-state index contributed by atoms with van der Waals surface area (Å²) in [5.74, 6) is 1.40. The summed E-state index contributed by atoms with van der Waals surface area (Å²) in [7, 11) is 0. The van der Waals surface area contributed by atoms with Crippen molar-refractivity contribution in [3.63, 3.8) is 0 Å². The SMILES string of the molecule is Nc1nnc2n1CCc1ccccc1-2. The van der Waals surface area contributed by atoms with Crippen LogP contribution >= 0.6 is 0 Å². The van der Waals surface area contributed by atoms with Crippen molar-refractivity contribution in [1.82, 2.24) is 14.8 Å². The van der Waals surface area contributed by atoms with Gasteiger partial charge in [-0.2, -0.15) is 0 Å². The molecule has 2 heterocycles. The number of benzene rings is 1. The molecular formula is C10H10N4. The Labute approximate surface area is 81.4 Å². The highest BCUT2D eigenvalue weighted by Crippen LogP contribution is 2.28. The van der Waals surface area contributed by atoms with Gasteiger partial charge in [0.2, 0.25) is 5.95 Å². The molecule has 2 aromatic rings. The molecule has 0 amide bonds. The first-order valence-corrected chi connectivity index (χ1v) is 4.63. The zero-order valence-corrected chi connectivity index (χ0v) is 7.64. The van der Waals surface area contributed by atoms with E-state index in [1.165, 1.54) is 5.56 Å². The molecule has 1 aliphatic rings. The topological polar surface area (TPSA) is 56.7 Å². The highest BCUT2D eigenvalue weighted by molar-refractivity contribution is 5.63. The fourth-order valence-electron chi connectivity index (χ4n) is 1.92. The molecule has 0 saturated carbocycles. The fourth-order valence-corrected chi connectivity index (χ4v) is 1.92. The van der Waals surface area contributed by atoms with E-state index in [0.717, 1.165) is 24.4 Å². The summed E-state index contributed by atoms with van der Waals surface area (Å²) in [6.07, 6.45) is 1.01. The second-order valence-electron chi connectivity index (χ2n) is 3.44. The molecule has 4 nitrogen and oxygen atoms in total. The molecular weight excluding hydrogens is 176 g/mol. The molecule has 0 atom stereocenters. The number of nitrogen functional groups attached to an aromatic ring is 1. The Kier molecular flexibility index (Phi) is 1.39. The van der Waals surface area contributed by atoms with Crippen LogP contribution in [0.3, 0.4) is 0 Å². The molecule has 0 fully saturated rings. The van der Waals surface area contributed by atoms with Crippen molar-refractivity contribution < 1.29 is 0 Å². The van der Waals surface area contributed by atoms with Gasteiger partial charge in [0.25, 0.3) is 0 Å². The summed E-state index contributed by atoms with van der Waals surface area (Å²) in [6.45, 7) is 0.880. The molecule has 14 heavy (non-hydrogen) atoms. The molecule has 2 N–H and O–H groups in total. The second kappa shape index (κ2) is 2.57. The lowest BCUT2D eigenvalue weighted by molar-refractivity contribution is 0.690. The predicted octanol–water partition coefficient (Wildman–Crippen LogP) is 1.08. The molecule has 0 unspecified atom stereocenters. The van der Waals surface area contributed by atoms with E-state index in [2.05, 4.69) is 22.3 Å². The van der Waals surface area contributed by atoms with E-state index in [1.807, 2.05) is 16.7 Å². The fraction of sp³-hybridized carbons (Fsp3) is 0.200. The molecule has 0 radical (unpaired) electrons. The number of nitrogens with zero attached hydrogens (tertiary/aromatic N) is 3. The highest BCUT2D eigenvalue weighted by Gasteiger charge is 2.18. The number of anilines is 1. The molecule has 1 aromatic carbocycles. The first kappa shape index (κ1) is 7.55. The lowest BCUT2D eigenvalue weighted by atomic mass is 10.0. The van der Waals surface area contributed by atoms with E-state index < -0.39 is 0 Å². The third kappa shape index (κ3) is 0.878. The average molecular weight is 186 g/mol. The van der Waals surface area contributed by atoms with Gasteiger partial charge in [0.05, 0.1) is 0 Å². The molecule has 4 heteroatoms. The molecule has 0 spiro atoms. The summed E-state index contributed by atoms with van der Waals surface area (Å²) in [4.78, 5) is 0. The quantitative estimate of drug-likeness (QED) is 0.669. The largest absolute Gasteiger partial charge is 0.368 e. The van der Waals surface area contributed by atoms with Crippen molar-refractivity contribution in [3.05, 3.63) is 29.8 Å². The number of aryl methyl sites for hydroxylation is 1. The average Bonchev–Trinajstić information content (AvgIpc) is 2.61. The lowest BCUT2D eigenvalue weighted by Gasteiger charge is -2.17. The maximum absolute atomic E-state index is 5.71. The van der Waals surface area contributed by atoms with Crippen molar-refractivity contribution in [2.75, 3.05) is 5.73 Å². The van der Waals surface area contributed by atoms with E-state index in [-0.39, 0.29) is 0 Å². The van der Waals surface area contributed by atoms with Crippen LogP contribution in [0.4, 0.5) is 5.95 Å². The van der Waals surface area contributed by atoms with Crippen LogP contribution in [0.15, 0.2) is 24.3 Å². The molecule has 1 aromatic heterocycles. The lowest BCUT2D eigenvalue weighted by Crippen LogP contribution is -2.12. The van der Waals surface area contributed by atoms with Gasteiger partial charge in [0.15, 0.2) is 5.82 Å². The van der Waals surface area contributed by atoms with Gasteiger partial charge < -0.3 is 5.73 Å². The van der Waals surface area contributed by atoms with Crippen molar-refractivity contribution >= 4 is 5.95 Å². The van der Waals surface area contributed by atoms with Gasteiger partial charge in [-0.15, -0.1) is 10.2 Å². The number of nitrogens with two attached hydrogens (primary N) is 1. The summed E-state index contributed by atoms with van der Waals surface area (Å²) in [5, 5.41) is 7.97. The van der Waals surface area contributed by atoms with Crippen LogP contribution in [-0.4, -0.2) is 14.8 Å². The van der Waals surface area contributed by atoms with Crippen molar-refractivity contribution in [3.8, 4) is 11.4 Å². The van der Waals surface area contributed by atoms with Gasteiger partial charge in [-0.05, 0) is 12.0 Å². The Bertz CT molecular complexity index is 487. The Morgan fingerprint density at radius 3 is 3.00 bits per heavy atom. The normalized spacial score (nSPS) is 13.4. The van der Waals surface area contributed by atoms with E-state index in [1.54, 1.807) is 0 Å². The smallest absolute Gasteiger partial charge is 0.222 e. The minimum atomic E-state index is 0.509. The maximum Gasteiger partial charge on any atom is 0.222 e. The van der Waals surface area contributed by atoms with Gasteiger partial charge in [0, 0.05) is 12.1 Å². The maximum atomic E-state index is 5.71. The van der Waals surface area contributed by atoms with Gasteiger partial charge in [0.1, 0.15) is 0 Å². The summed E-state index contributed by atoms with van der Waals surface area (Å²) >= 11 is 0. The first-order chi connectivity index (χ1) is 6.86. The Morgan fingerprint density at radius 2 is 2.07 bits per heavy atom. The van der Waals surface area contributed by atoms with E-state index >= 15 is 0 Å². The van der Waals surface area contributed by atoms with Crippen LogP contribution in [0.5, 0.6) is 0 Å². The number of hydrogen-bond acceptors (Lipinski definition) is 3. The Morgan fingerprint density at radius 1 is 1.21 bits per heavy atom. The van der Waals surface area contributed by atoms with E-state index in [4.69, 9.17) is 5.73 Å². The summed E-state index contributed by atoms with van der Waals surface area (Å²) in [6, 6.07) is 8.26. The Balaban J connectivity index is 2.29. The molecule has 0 aliphatic carbocycles. The third-order valence-electron chi connectivity index (χ3n) is 2.64. The standard InChI is InChI=1S/C10H10N4/c11-10-13-12-9-8-4-2-1-3-7(8)5-6-14(9)10/h1-4H,5-6H2,(H2,11,13). The van der Waals surface area contributed by atoms with E-state index in [0.29, 0.717) is 5.95 Å². The molecule has 0 saturated heterocycles. The number of hydrogen-bond donors (Lipinski definition) is 1. The minimum Gasteiger partial charge on any atom is -0.368 e. The van der Waals surface area contributed by atoms with E-state index in [9.17, 15) is 0 Å². The van der Waals surface area contributed by atoms with Gasteiger partial charge in [-0.3, -0.25) is 4.57 Å². The highest BCUT2D eigenvalue weighted by atomic mass is 15.3.